The van der Waals surface area contributed by atoms with Crippen LogP contribution in [0.1, 0.15) is 41.6 Å². The van der Waals surface area contributed by atoms with Crippen LogP contribution in [-0.2, 0) is 11.3 Å². The van der Waals surface area contributed by atoms with Crippen LogP contribution >= 0.6 is 0 Å². The van der Waals surface area contributed by atoms with E-state index in [1.807, 2.05) is 0 Å². The van der Waals surface area contributed by atoms with Crippen molar-refractivity contribution in [3.05, 3.63) is 35.1 Å². The van der Waals surface area contributed by atoms with Gasteiger partial charge in [0, 0.05) is 17.2 Å². The van der Waals surface area contributed by atoms with Crippen molar-refractivity contribution < 1.29 is 13.9 Å². The summed E-state index contributed by atoms with van der Waals surface area (Å²) in [5.41, 5.74) is 11.6. The van der Waals surface area contributed by atoms with Crippen molar-refractivity contribution in [1.29, 1.82) is 0 Å². The molecule has 1 saturated carbocycles. The quantitative estimate of drug-likeness (QED) is 0.870. The Morgan fingerprint density at radius 1 is 1.37 bits per heavy atom. The maximum atomic E-state index is 13.7. The molecule has 1 aliphatic rings. The molecule has 1 fully saturated rings. The van der Waals surface area contributed by atoms with Gasteiger partial charge in [-0.1, -0.05) is 18.9 Å². The topological polar surface area (TPSA) is 78.3 Å². The lowest BCUT2D eigenvalue weighted by molar-refractivity contribution is 0.00287. The first-order valence-corrected chi connectivity index (χ1v) is 6.53. The van der Waals surface area contributed by atoms with Crippen LogP contribution in [-0.4, -0.2) is 18.1 Å². The molecule has 2 atom stereocenters. The van der Waals surface area contributed by atoms with Gasteiger partial charge in [-0.2, -0.15) is 0 Å². The van der Waals surface area contributed by atoms with Gasteiger partial charge in [-0.3, -0.25) is 4.79 Å². The number of halogens is 1. The molecule has 0 bridgehead atoms. The van der Waals surface area contributed by atoms with Crippen LogP contribution < -0.4 is 11.5 Å². The van der Waals surface area contributed by atoms with Crippen LogP contribution in [0.2, 0.25) is 0 Å². The van der Waals surface area contributed by atoms with E-state index in [-0.39, 0.29) is 24.3 Å². The summed E-state index contributed by atoms with van der Waals surface area (Å²) >= 11 is 0. The second-order valence-corrected chi connectivity index (χ2v) is 4.97. The van der Waals surface area contributed by atoms with Crippen molar-refractivity contribution in [3.63, 3.8) is 0 Å². The Labute approximate surface area is 111 Å². The molecule has 19 heavy (non-hydrogen) atoms. The first kappa shape index (κ1) is 14.0. The molecule has 104 valence electrons. The minimum atomic E-state index is -0.638. The standard InChI is InChI=1S/C14H19FN2O2/c15-11-7-9(14(17)18)5-6-10(11)8-19-13-4-2-1-3-12(13)16/h5-7,12-13H,1-4,8,16H2,(H2,17,18). The van der Waals surface area contributed by atoms with Gasteiger partial charge in [0.05, 0.1) is 12.7 Å². The molecule has 5 heteroatoms. The van der Waals surface area contributed by atoms with Crippen molar-refractivity contribution in [2.24, 2.45) is 11.5 Å². The second kappa shape index (κ2) is 6.12. The largest absolute Gasteiger partial charge is 0.372 e. The molecular weight excluding hydrogens is 247 g/mol. The van der Waals surface area contributed by atoms with Gasteiger partial charge in [-0.15, -0.1) is 0 Å². The van der Waals surface area contributed by atoms with E-state index in [1.165, 1.54) is 12.1 Å². The highest BCUT2D eigenvalue weighted by atomic mass is 19.1. The Bertz CT molecular complexity index is 465. The lowest BCUT2D eigenvalue weighted by Gasteiger charge is -2.28. The molecule has 0 aromatic heterocycles. The molecule has 4 nitrogen and oxygen atoms in total. The van der Waals surface area contributed by atoms with Crippen LogP contribution in [0.15, 0.2) is 18.2 Å². The summed E-state index contributed by atoms with van der Waals surface area (Å²) in [6.07, 6.45) is 4.09. The minimum Gasteiger partial charge on any atom is -0.372 e. The van der Waals surface area contributed by atoms with Gasteiger partial charge < -0.3 is 16.2 Å². The fourth-order valence-corrected chi connectivity index (χ4v) is 2.35. The number of ether oxygens (including phenoxy) is 1. The lowest BCUT2D eigenvalue weighted by atomic mass is 9.93. The van der Waals surface area contributed by atoms with Gasteiger partial charge in [-0.05, 0) is 25.0 Å². The van der Waals surface area contributed by atoms with E-state index in [0.29, 0.717) is 5.56 Å². The summed E-state index contributed by atoms with van der Waals surface area (Å²) in [6.45, 7) is 0.170. The predicted octanol–water partition coefficient (Wildman–Crippen LogP) is 1.71. The summed E-state index contributed by atoms with van der Waals surface area (Å²) < 4.78 is 19.4. The van der Waals surface area contributed by atoms with E-state index < -0.39 is 11.7 Å². The van der Waals surface area contributed by atoms with Gasteiger partial charge in [-0.25, -0.2) is 4.39 Å². The van der Waals surface area contributed by atoms with E-state index in [0.717, 1.165) is 31.7 Å². The van der Waals surface area contributed by atoms with Crippen molar-refractivity contribution in [1.82, 2.24) is 0 Å². The molecule has 2 rings (SSSR count). The Morgan fingerprint density at radius 2 is 2.11 bits per heavy atom. The molecule has 0 saturated heterocycles. The number of carbonyl (C=O) groups excluding carboxylic acids is 1. The van der Waals surface area contributed by atoms with Crippen LogP contribution in [0.3, 0.4) is 0 Å². The number of hydrogen-bond donors (Lipinski definition) is 2. The Kier molecular flexibility index (Phi) is 4.50. The van der Waals surface area contributed by atoms with Gasteiger partial charge in [0.25, 0.3) is 0 Å². The van der Waals surface area contributed by atoms with Crippen LogP contribution in [0.25, 0.3) is 0 Å². The number of benzene rings is 1. The number of hydrogen-bond acceptors (Lipinski definition) is 3. The molecule has 0 aliphatic heterocycles. The molecule has 0 radical (unpaired) electrons. The van der Waals surface area contributed by atoms with Crippen molar-refractivity contribution >= 4 is 5.91 Å². The average Bonchev–Trinajstić information content (AvgIpc) is 2.39. The zero-order valence-corrected chi connectivity index (χ0v) is 10.8. The van der Waals surface area contributed by atoms with Gasteiger partial charge in [0.1, 0.15) is 5.82 Å². The SMILES string of the molecule is NC(=O)c1ccc(COC2CCCCC2N)c(F)c1. The molecule has 1 aliphatic carbocycles. The van der Waals surface area contributed by atoms with Crippen molar-refractivity contribution in [2.75, 3.05) is 0 Å². The van der Waals surface area contributed by atoms with E-state index >= 15 is 0 Å². The molecular formula is C14H19FN2O2. The van der Waals surface area contributed by atoms with E-state index in [4.69, 9.17) is 16.2 Å². The molecule has 1 amide bonds. The fourth-order valence-electron chi connectivity index (χ4n) is 2.35. The molecule has 0 heterocycles. The average molecular weight is 266 g/mol. The molecule has 0 spiro atoms. The van der Waals surface area contributed by atoms with E-state index in [1.54, 1.807) is 0 Å². The van der Waals surface area contributed by atoms with Gasteiger partial charge in [0.2, 0.25) is 5.91 Å². The van der Waals surface area contributed by atoms with E-state index in [2.05, 4.69) is 0 Å². The van der Waals surface area contributed by atoms with E-state index in [9.17, 15) is 9.18 Å². The van der Waals surface area contributed by atoms with Crippen LogP contribution in [0.4, 0.5) is 4.39 Å². The summed E-state index contributed by atoms with van der Waals surface area (Å²) in [5, 5.41) is 0. The number of amides is 1. The summed E-state index contributed by atoms with van der Waals surface area (Å²) in [4.78, 5) is 10.9. The molecule has 1 aromatic rings. The number of primary amides is 1. The third kappa shape index (κ3) is 3.52. The molecule has 2 unspecified atom stereocenters. The highest BCUT2D eigenvalue weighted by molar-refractivity contribution is 5.92. The zero-order chi connectivity index (χ0) is 13.8. The Morgan fingerprint density at radius 3 is 2.74 bits per heavy atom. The fraction of sp³-hybridized carbons (Fsp3) is 0.500. The van der Waals surface area contributed by atoms with Crippen LogP contribution in [0, 0.1) is 5.82 Å². The summed E-state index contributed by atoms with van der Waals surface area (Å²) in [7, 11) is 0. The van der Waals surface area contributed by atoms with Gasteiger partial charge >= 0.3 is 0 Å². The van der Waals surface area contributed by atoms with Crippen molar-refractivity contribution in [3.8, 4) is 0 Å². The Balaban J connectivity index is 1.97. The first-order valence-electron chi connectivity index (χ1n) is 6.53. The first-order chi connectivity index (χ1) is 9.08. The number of nitrogens with two attached hydrogens (primary N) is 2. The molecule has 4 N–H and O–H groups in total. The summed E-state index contributed by atoms with van der Waals surface area (Å²) in [5.74, 6) is -1.11. The highest BCUT2D eigenvalue weighted by Crippen LogP contribution is 2.21. The van der Waals surface area contributed by atoms with Crippen LogP contribution in [0.5, 0.6) is 0 Å². The lowest BCUT2D eigenvalue weighted by Crippen LogP contribution is -2.39. The zero-order valence-electron chi connectivity index (χ0n) is 10.8. The maximum Gasteiger partial charge on any atom is 0.248 e. The third-order valence-electron chi connectivity index (χ3n) is 3.54. The van der Waals surface area contributed by atoms with Gasteiger partial charge in [0.15, 0.2) is 0 Å². The third-order valence-corrected chi connectivity index (χ3v) is 3.54. The summed E-state index contributed by atoms with van der Waals surface area (Å²) in [6, 6.07) is 4.21. The number of rotatable bonds is 4. The Hall–Kier alpha value is -1.46. The van der Waals surface area contributed by atoms with Crippen molar-refractivity contribution in [2.45, 2.75) is 44.4 Å². The number of carbonyl (C=O) groups is 1. The smallest absolute Gasteiger partial charge is 0.248 e. The highest BCUT2D eigenvalue weighted by Gasteiger charge is 2.22. The monoisotopic (exact) mass is 266 g/mol. The normalized spacial score (nSPS) is 23.3. The second-order valence-electron chi connectivity index (χ2n) is 4.97. The predicted molar refractivity (Wildman–Crippen MR) is 69.9 cm³/mol. The molecule has 1 aromatic carbocycles. The maximum absolute atomic E-state index is 13.7. The minimum absolute atomic E-state index is 0.0102.